The van der Waals surface area contributed by atoms with Crippen LogP contribution in [0.4, 0.5) is 4.39 Å². The first kappa shape index (κ1) is 21.7. The zero-order chi connectivity index (χ0) is 21.4. The maximum absolute atomic E-state index is 13.2. The lowest BCUT2D eigenvalue weighted by atomic mass is 10.1. The van der Waals surface area contributed by atoms with Gasteiger partial charge in [-0.3, -0.25) is 4.79 Å². The molecule has 30 heavy (non-hydrogen) atoms. The predicted molar refractivity (Wildman–Crippen MR) is 114 cm³/mol. The second-order valence-corrected chi connectivity index (χ2v) is 8.74. The number of hydrogen-bond donors (Lipinski definition) is 1. The van der Waals surface area contributed by atoms with E-state index >= 15 is 0 Å². The summed E-state index contributed by atoms with van der Waals surface area (Å²) in [6.07, 6.45) is 0.649. The first-order chi connectivity index (χ1) is 14.4. The first-order valence-electron chi connectivity index (χ1n) is 9.55. The van der Waals surface area contributed by atoms with Gasteiger partial charge in [-0.05, 0) is 41.8 Å². The van der Waals surface area contributed by atoms with E-state index in [9.17, 15) is 17.6 Å². The number of amides is 1. The van der Waals surface area contributed by atoms with Crippen molar-refractivity contribution in [1.29, 1.82) is 0 Å². The van der Waals surface area contributed by atoms with Gasteiger partial charge in [0.2, 0.25) is 15.9 Å². The molecule has 0 bridgehead atoms. The largest absolute Gasteiger partial charge is 0.355 e. The summed E-state index contributed by atoms with van der Waals surface area (Å²) in [5.41, 5.74) is 1.83. The lowest BCUT2D eigenvalue weighted by Gasteiger charge is -2.22. The number of hydrogen-bond acceptors (Lipinski definition) is 3. The summed E-state index contributed by atoms with van der Waals surface area (Å²) >= 11 is 0. The van der Waals surface area contributed by atoms with Crippen LogP contribution in [0.3, 0.4) is 0 Å². The van der Waals surface area contributed by atoms with Gasteiger partial charge in [-0.2, -0.15) is 4.31 Å². The van der Waals surface area contributed by atoms with E-state index in [1.165, 1.54) is 12.1 Å². The fourth-order valence-corrected chi connectivity index (χ4v) is 4.36. The molecule has 3 aromatic carbocycles. The Hall–Kier alpha value is -3.03. The highest BCUT2D eigenvalue weighted by Crippen LogP contribution is 2.18. The summed E-state index contributed by atoms with van der Waals surface area (Å²) in [6, 6.07) is 23.3. The van der Waals surface area contributed by atoms with Crippen molar-refractivity contribution in [2.75, 3.05) is 13.1 Å². The zero-order valence-electron chi connectivity index (χ0n) is 16.4. The number of nitrogens with zero attached hydrogens (tertiary/aromatic N) is 1. The molecule has 0 saturated heterocycles. The monoisotopic (exact) mass is 426 g/mol. The third-order valence-corrected chi connectivity index (χ3v) is 6.36. The summed E-state index contributed by atoms with van der Waals surface area (Å²) in [7, 11) is -3.98. The lowest BCUT2D eigenvalue weighted by Crippen LogP contribution is -2.40. The molecule has 7 heteroatoms. The lowest BCUT2D eigenvalue weighted by molar-refractivity contribution is -0.121. The minimum absolute atomic E-state index is 0.0344. The fraction of sp³-hybridized carbons (Fsp3) is 0.174. The van der Waals surface area contributed by atoms with Gasteiger partial charge in [-0.1, -0.05) is 60.7 Å². The van der Waals surface area contributed by atoms with Crippen molar-refractivity contribution >= 4 is 15.9 Å². The minimum Gasteiger partial charge on any atom is -0.355 e. The molecule has 0 aliphatic carbocycles. The van der Waals surface area contributed by atoms with Crippen molar-refractivity contribution in [3.8, 4) is 0 Å². The van der Waals surface area contributed by atoms with Gasteiger partial charge in [0.25, 0.3) is 0 Å². The van der Waals surface area contributed by atoms with Gasteiger partial charge in [0.05, 0.1) is 11.4 Å². The van der Waals surface area contributed by atoms with E-state index < -0.39 is 21.7 Å². The fourth-order valence-electron chi connectivity index (χ4n) is 2.98. The quantitative estimate of drug-likeness (QED) is 0.571. The van der Waals surface area contributed by atoms with E-state index in [0.29, 0.717) is 13.0 Å². The molecule has 3 rings (SSSR count). The molecule has 156 valence electrons. The van der Waals surface area contributed by atoms with Crippen LogP contribution in [0.2, 0.25) is 0 Å². The van der Waals surface area contributed by atoms with Gasteiger partial charge in [0.15, 0.2) is 0 Å². The maximum atomic E-state index is 13.2. The summed E-state index contributed by atoms with van der Waals surface area (Å²) < 4.78 is 40.5. The number of benzene rings is 3. The molecule has 0 unspecified atom stereocenters. The molecule has 0 atom stereocenters. The number of rotatable bonds is 9. The molecule has 5 nitrogen and oxygen atoms in total. The van der Waals surface area contributed by atoms with E-state index in [0.717, 1.165) is 27.6 Å². The Bertz CT molecular complexity index is 1060. The Morgan fingerprint density at radius 2 is 1.40 bits per heavy atom. The van der Waals surface area contributed by atoms with E-state index in [-0.39, 0.29) is 18.0 Å². The predicted octanol–water partition coefficient (Wildman–Crippen LogP) is 3.38. The van der Waals surface area contributed by atoms with Gasteiger partial charge in [-0.25, -0.2) is 12.8 Å². The van der Waals surface area contributed by atoms with Gasteiger partial charge in [-0.15, -0.1) is 0 Å². The molecule has 1 amide bonds. The maximum Gasteiger partial charge on any atom is 0.243 e. The van der Waals surface area contributed by atoms with Crippen molar-refractivity contribution in [3.63, 3.8) is 0 Å². The van der Waals surface area contributed by atoms with Gasteiger partial charge < -0.3 is 5.32 Å². The average Bonchev–Trinajstić information content (AvgIpc) is 2.75. The Labute approximate surface area is 176 Å². The highest BCUT2D eigenvalue weighted by molar-refractivity contribution is 7.89. The molecule has 0 aromatic heterocycles. The third-order valence-electron chi connectivity index (χ3n) is 4.55. The van der Waals surface area contributed by atoms with Crippen LogP contribution < -0.4 is 5.32 Å². The Morgan fingerprint density at radius 1 is 0.833 bits per heavy atom. The molecule has 0 spiro atoms. The Balaban J connectivity index is 1.72. The number of halogens is 1. The van der Waals surface area contributed by atoms with Crippen LogP contribution in [0.5, 0.6) is 0 Å². The number of nitrogens with one attached hydrogen (secondary N) is 1. The molecule has 3 aromatic rings. The molecular weight excluding hydrogens is 403 g/mol. The zero-order valence-corrected chi connectivity index (χ0v) is 17.2. The molecule has 0 fully saturated rings. The summed E-state index contributed by atoms with van der Waals surface area (Å²) in [5.74, 6) is -0.922. The molecule has 1 N–H and O–H groups in total. The van der Waals surface area contributed by atoms with Crippen LogP contribution in [-0.2, 0) is 27.8 Å². The highest BCUT2D eigenvalue weighted by atomic mass is 32.2. The number of carbonyl (C=O) groups is 1. The Kier molecular flexibility index (Phi) is 7.32. The molecule has 0 radical (unpaired) electrons. The van der Waals surface area contributed by atoms with Crippen LogP contribution in [0.15, 0.2) is 89.8 Å². The van der Waals surface area contributed by atoms with Crippen molar-refractivity contribution in [2.24, 2.45) is 0 Å². The van der Waals surface area contributed by atoms with Gasteiger partial charge >= 0.3 is 0 Å². The van der Waals surface area contributed by atoms with Crippen molar-refractivity contribution in [3.05, 3.63) is 102 Å². The van der Waals surface area contributed by atoms with Gasteiger partial charge in [0.1, 0.15) is 5.82 Å². The second-order valence-electron chi connectivity index (χ2n) is 6.80. The van der Waals surface area contributed by atoms with Crippen LogP contribution in [0, 0.1) is 5.82 Å². The normalized spacial score (nSPS) is 11.4. The SMILES string of the molecule is O=C(CN(Cc1ccccc1)S(=O)(=O)c1ccc(F)cc1)NCCc1ccccc1. The minimum atomic E-state index is -3.98. The molecule has 0 aliphatic heterocycles. The van der Waals surface area contributed by atoms with Crippen molar-refractivity contribution in [2.45, 2.75) is 17.9 Å². The highest BCUT2D eigenvalue weighted by Gasteiger charge is 2.27. The summed E-state index contributed by atoms with van der Waals surface area (Å²) in [6.45, 7) is 0.106. The molecular formula is C23H23FN2O3S. The van der Waals surface area contributed by atoms with E-state index in [1.807, 2.05) is 36.4 Å². The van der Waals surface area contributed by atoms with Crippen LogP contribution >= 0.6 is 0 Å². The average molecular weight is 427 g/mol. The smallest absolute Gasteiger partial charge is 0.243 e. The first-order valence-corrected chi connectivity index (χ1v) is 11.0. The standard InChI is InChI=1S/C23H23FN2O3S/c24-21-11-13-22(14-12-21)30(28,29)26(17-20-9-5-2-6-10-20)18-23(27)25-16-15-19-7-3-1-4-8-19/h1-14H,15-18H2,(H,25,27). The third kappa shape index (κ3) is 5.98. The number of carbonyl (C=O) groups excluding carboxylic acids is 1. The topological polar surface area (TPSA) is 66.5 Å². The van der Waals surface area contributed by atoms with Crippen LogP contribution in [-0.4, -0.2) is 31.7 Å². The molecule has 0 heterocycles. The van der Waals surface area contributed by atoms with E-state index in [4.69, 9.17) is 0 Å². The van der Waals surface area contributed by atoms with Crippen molar-refractivity contribution in [1.82, 2.24) is 9.62 Å². The summed E-state index contributed by atoms with van der Waals surface area (Å²) in [5, 5.41) is 2.78. The Morgan fingerprint density at radius 3 is 2.00 bits per heavy atom. The van der Waals surface area contributed by atoms with Gasteiger partial charge in [0, 0.05) is 13.1 Å². The number of sulfonamides is 1. The molecule has 0 saturated carbocycles. The van der Waals surface area contributed by atoms with Crippen LogP contribution in [0.1, 0.15) is 11.1 Å². The van der Waals surface area contributed by atoms with E-state index in [2.05, 4.69) is 5.32 Å². The van der Waals surface area contributed by atoms with E-state index in [1.54, 1.807) is 24.3 Å². The summed E-state index contributed by atoms with van der Waals surface area (Å²) in [4.78, 5) is 12.4. The van der Waals surface area contributed by atoms with Crippen molar-refractivity contribution < 1.29 is 17.6 Å². The molecule has 0 aliphatic rings. The second kappa shape index (κ2) is 10.1. The van der Waals surface area contributed by atoms with Crippen LogP contribution in [0.25, 0.3) is 0 Å².